The molecule has 1 aromatic carbocycles. The second-order valence-electron chi connectivity index (χ2n) is 4.93. The van der Waals surface area contributed by atoms with Crippen LogP contribution in [0.25, 0.3) is 0 Å². The Balaban J connectivity index is 2.44. The van der Waals surface area contributed by atoms with E-state index in [9.17, 15) is 8.42 Å². The van der Waals surface area contributed by atoms with E-state index in [-0.39, 0.29) is 21.8 Å². The fourth-order valence-corrected chi connectivity index (χ4v) is 5.23. The maximum atomic E-state index is 12.7. The first-order chi connectivity index (χ1) is 9.39. The highest BCUT2D eigenvalue weighted by Gasteiger charge is 2.32. The Kier molecular flexibility index (Phi) is 5.24. The molecular weight excluding hydrogens is 341 g/mol. The first kappa shape index (κ1) is 16.4. The zero-order valence-electron chi connectivity index (χ0n) is 11.1. The van der Waals surface area contributed by atoms with Crippen LogP contribution in [0.1, 0.15) is 31.2 Å². The molecule has 112 valence electrons. The van der Waals surface area contributed by atoms with Gasteiger partial charge in [0.15, 0.2) is 0 Å². The summed E-state index contributed by atoms with van der Waals surface area (Å²) in [5.41, 5.74) is 0.455. The van der Waals surface area contributed by atoms with Crippen LogP contribution >= 0.6 is 34.8 Å². The minimum Gasteiger partial charge on any atom is -0.207 e. The van der Waals surface area contributed by atoms with Crippen molar-refractivity contribution in [2.45, 2.75) is 42.5 Å². The van der Waals surface area contributed by atoms with Crippen LogP contribution in [-0.4, -0.2) is 25.8 Å². The lowest BCUT2D eigenvalue weighted by atomic mass is 10.2. The van der Waals surface area contributed by atoms with E-state index in [1.165, 1.54) is 16.4 Å². The van der Waals surface area contributed by atoms with Gasteiger partial charge in [0.25, 0.3) is 0 Å². The van der Waals surface area contributed by atoms with Crippen LogP contribution in [0.2, 0.25) is 10.0 Å². The zero-order chi connectivity index (χ0) is 14.9. The smallest absolute Gasteiger partial charge is 0.207 e. The minimum atomic E-state index is -3.62. The summed E-state index contributed by atoms with van der Waals surface area (Å²) in [7, 11) is -2.01. The average molecular weight is 357 g/mol. The summed E-state index contributed by atoms with van der Waals surface area (Å²) in [6.07, 6.45) is 3.91. The van der Waals surface area contributed by atoms with Crippen LogP contribution in [-0.2, 0) is 15.9 Å². The van der Waals surface area contributed by atoms with Crippen LogP contribution in [0, 0.1) is 0 Å². The first-order valence-electron chi connectivity index (χ1n) is 6.40. The van der Waals surface area contributed by atoms with E-state index in [0.717, 1.165) is 25.7 Å². The summed E-state index contributed by atoms with van der Waals surface area (Å²) in [5, 5.41) is 0.504. The molecule has 20 heavy (non-hydrogen) atoms. The molecule has 1 aliphatic carbocycles. The van der Waals surface area contributed by atoms with Crippen molar-refractivity contribution < 1.29 is 8.42 Å². The molecule has 0 spiro atoms. The third kappa shape index (κ3) is 2.95. The molecule has 2 rings (SSSR count). The summed E-state index contributed by atoms with van der Waals surface area (Å²) in [6, 6.07) is 3.02. The molecule has 0 bridgehead atoms. The number of halogens is 3. The van der Waals surface area contributed by atoms with Gasteiger partial charge in [0.1, 0.15) is 4.90 Å². The normalized spacial score (nSPS) is 17.1. The van der Waals surface area contributed by atoms with Crippen molar-refractivity contribution in [3.8, 4) is 0 Å². The van der Waals surface area contributed by atoms with E-state index in [1.807, 2.05) is 0 Å². The summed E-state index contributed by atoms with van der Waals surface area (Å²) in [4.78, 5) is 0.0774. The Morgan fingerprint density at radius 2 is 1.85 bits per heavy atom. The van der Waals surface area contributed by atoms with E-state index in [4.69, 9.17) is 34.8 Å². The van der Waals surface area contributed by atoms with E-state index in [0.29, 0.717) is 10.6 Å². The molecule has 0 saturated heterocycles. The number of benzene rings is 1. The van der Waals surface area contributed by atoms with Crippen molar-refractivity contribution in [3.63, 3.8) is 0 Å². The maximum Gasteiger partial charge on any atom is 0.244 e. The predicted molar refractivity (Wildman–Crippen MR) is 83.2 cm³/mol. The zero-order valence-corrected chi connectivity index (χ0v) is 14.2. The highest BCUT2D eigenvalue weighted by molar-refractivity contribution is 7.89. The fraction of sp³-hybridized carbons (Fsp3) is 0.538. The first-order valence-corrected chi connectivity index (χ1v) is 9.13. The van der Waals surface area contributed by atoms with Crippen LogP contribution in [0.3, 0.4) is 0 Å². The number of nitrogens with zero attached hydrogens (tertiary/aromatic N) is 1. The maximum absolute atomic E-state index is 12.7. The Morgan fingerprint density at radius 1 is 1.25 bits per heavy atom. The summed E-state index contributed by atoms with van der Waals surface area (Å²) in [5.74, 6) is 0.0775. The third-order valence-corrected chi connectivity index (χ3v) is 6.90. The van der Waals surface area contributed by atoms with Gasteiger partial charge in [-0.1, -0.05) is 36.0 Å². The van der Waals surface area contributed by atoms with Crippen LogP contribution in [0.15, 0.2) is 17.0 Å². The second kappa shape index (κ2) is 6.41. The van der Waals surface area contributed by atoms with Crippen molar-refractivity contribution in [2.24, 2.45) is 0 Å². The molecule has 7 heteroatoms. The number of hydrogen-bond acceptors (Lipinski definition) is 2. The number of alkyl halides is 1. The van der Waals surface area contributed by atoms with Crippen molar-refractivity contribution in [1.29, 1.82) is 0 Å². The van der Waals surface area contributed by atoms with E-state index < -0.39 is 10.0 Å². The van der Waals surface area contributed by atoms with Crippen molar-refractivity contribution in [3.05, 3.63) is 27.7 Å². The molecule has 0 unspecified atom stereocenters. The average Bonchev–Trinajstić information content (AvgIpc) is 2.91. The molecule has 1 aliphatic rings. The number of hydrogen-bond donors (Lipinski definition) is 0. The van der Waals surface area contributed by atoms with Gasteiger partial charge in [-0.15, -0.1) is 11.6 Å². The summed E-state index contributed by atoms with van der Waals surface area (Å²) < 4.78 is 26.8. The molecule has 0 atom stereocenters. The Labute approximate surface area is 134 Å². The Hall–Kier alpha value is -0.000000000000000167. The van der Waals surface area contributed by atoms with Gasteiger partial charge in [-0.2, -0.15) is 4.31 Å². The largest absolute Gasteiger partial charge is 0.244 e. The molecule has 0 heterocycles. The van der Waals surface area contributed by atoms with Crippen molar-refractivity contribution in [2.75, 3.05) is 7.05 Å². The molecule has 1 fully saturated rings. The fourth-order valence-electron chi connectivity index (χ4n) is 2.52. The van der Waals surface area contributed by atoms with Crippen molar-refractivity contribution >= 4 is 44.8 Å². The lowest BCUT2D eigenvalue weighted by Crippen LogP contribution is -2.35. The number of sulfonamides is 1. The predicted octanol–water partition coefficient (Wildman–Crippen LogP) is 4.30. The van der Waals surface area contributed by atoms with Gasteiger partial charge in [0.05, 0.1) is 10.9 Å². The molecule has 0 radical (unpaired) electrons. The van der Waals surface area contributed by atoms with Gasteiger partial charge in [-0.3, -0.25) is 0 Å². The standard InChI is InChI=1S/C13H16Cl3NO2S/c1-17(9-4-2-3-5-9)20(18,19)12-7-6-11(15)10(8-14)13(12)16/h6-7,9H,2-5,8H2,1H3. The van der Waals surface area contributed by atoms with E-state index >= 15 is 0 Å². The third-order valence-electron chi connectivity index (χ3n) is 3.78. The molecule has 0 N–H and O–H groups in total. The van der Waals surface area contributed by atoms with Gasteiger partial charge < -0.3 is 0 Å². The second-order valence-corrected chi connectivity index (χ2v) is 7.95. The van der Waals surface area contributed by atoms with Crippen molar-refractivity contribution in [1.82, 2.24) is 4.31 Å². The van der Waals surface area contributed by atoms with Crippen LogP contribution in [0.5, 0.6) is 0 Å². The summed E-state index contributed by atoms with van der Waals surface area (Å²) >= 11 is 17.9. The minimum absolute atomic E-state index is 0.0474. The monoisotopic (exact) mass is 355 g/mol. The van der Waals surface area contributed by atoms with Crippen LogP contribution < -0.4 is 0 Å². The molecular formula is C13H16Cl3NO2S. The molecule has 3 nitrogen and oxygen atoms in total. The molecule has 0 aliphatic heterocycles. The highest BCUT2D eigenvalue weighted by atomic mass is 35.5. The lowest BCUT2D eigenvalue weighted by molar-refractivity contribution is 0.373. The highest BCUT2D eigenvalue weighted by Crippen LogP contribution is 2.35. The molecule has 0 amide bonds. The van der Waals surface area contributed by atoms with E-state index in [2.05, 4.69) is 0 Å². The van der Waals surface area contributed by atoms with Crippen LogP contribution in [0.4, 0.5) is 0 Å². The Bertz CT molecular complexity index is 598. The SMILES string of the molecule is CN(C1CCCC1)S(=O)(=O)c1ccc(Cl)c(CCl)c1Cl. The molecule has 1 saturated carbocycles. The van der Waals surface area contributed by atoms with Gasteiger partial charge in [0.2, 0.25) is 10.0 Å². The molecule has 1 aromatic rings. The quantitative estimate of drug-likeness (QED) is 0.754. The lowest BCUT2D eigenvalue weighted by Gasteiger charge is -2.24. The Morgan fingerprint density at radius 3 is 2.40 bits per heavy atom. The van der Waals surface area contributed by atoms with Gasteiger partial charge in [-0.25, -0.2) is 8.42 Å². The van der Waals surface area contributed by atoms with Gasteiger partial charge >= 0.3 is 0 Å². The van der Waals surface area contributed by atoms with Gasteiger partial charge in [0, 0.05) is 23.7 Å². The topological polar surface area (TPSA) is 37.4 Å². The molecule has 0 aromatic heterocycles. The summed E-state index contributed by atoms with van der Waals surface area (Å²) in [6.45, 7) is 0. The number of rotatable bonds is 4. The van der Waals surface area contributed by atoms with Gasteiger partial charge in [-0.05, 0) is 25.0 Å². The van der Waals surface area contributed by atoms with E-state index in [1.54, 1.807) is 7.05 Å².